The first-order valence-corrected chi connectivity index (χ1v) is 4.31. The minimum absolute atomic E-state index is 0.270. The fraction of sp³-hybridized carbons (Fsp3) is 0.273. The Morgan fingerprint density at radius 1 is 1.64 bits per heavy atom. The summed E-state index contributed by atoms with van der Waals surface area (Å²) in [5.41, 5.74) is 0.871. The number of hydrogen-bond donors (Lipinski definition) is 0. The van der Waals surface area contributed by atoms with Crippen molar-refractivity contribution in [2.45, 2.75) is 13.3 Å². The Morgan fingerprint density at radius 3 is 3.14 bits per heavy atom. The van der Waals surface area contributed by atoms with Crippen molar-refractivity contribution in [3.05, 3.63) is 30.1 Å². The summed E-state index contributed by atoms with van der Waals surface area (Å²) in [6.07, 6.45) is 3.94. The Hall–Kier alpha value is -1.82. The average Bonchev–Trinajstić information content (AvgIpc) is 2.18. The van der Waals surface area contributed by atoms with E-state index in [9.17, 15) is 4.79 Å². The second-order valence-corrected chi connectivity index (χ2v) is 2.63. The van der Waals surface area contributed by atoms with Gasteiger partial charge in [-0.05, 0) is 12.1 Å². The first-order valence-electron chi connectivity index (χ1n) is 4.31. The van der Waals surface area contributed by atoms with Crippen molar-refractivity contribution in [3.63, 3.8) is 0 Å². The van der Waals surface area contributed by atoms with E-state index in [1.807, 2.05) is 12.1 Å². The maximum Gasteiger partial charge on any atom is 0.302 e. The van der Waals surface area contributed by atoms with Gasteiger partial charge in [-0.1, -0.05) is 11.8 Å². The van der Waals surface area contributed by atoms with Crippen LogP contribution in [0.2, 0.25) is 0 Å². The SMILES string of the molecule is CC(=O)OCCC#Cc1cccnc1. The van der Waals surface area contributed by atoms with Crippen LogP contribution in [0.1, 0.15) is 18.9 Å². The lowest BCUT2D eigenvalue weighted by Gasteiger charge is -1.94. The molecule has 1 rings (SSSR count). The van der Waals surface area contributed by atoms with Crippen molar-refractivity contribution in [1.82, 2.24) is 4.98 Å². The molecule has 0 amide bonds. The molecule has 0 saturated heterocycles. The Morgan fingerprint density at radius 2 is 2.50 bits per heavy atom. The molecule has 0 atom stereocenters. The van der Waals surface area contributed by atoms with Gasteiger partial charge in [0.25, 0.3) is 0 Å². The van der Waals surface area contributed by atoms with Crippen LogP contribution in [0, 0.1) is 11.8 Å². The highest BCUT2D eigenvalue weighted by Crippen LogP contribution is 1.91. The van der Waals surface area contributed by atoms with E-state index in [1.165, 1.54) is 6.92 Å². The molecule has 14 heavy (non-hydrogen) atoms. The molecule has 72 valence electrons. The smallest absolute Gasteiger partial charge is 0.302 e. The van der Waals surface area contributed by atoms with Crippen LogP contribution < -0.4 is 0 Å². The molecule has 1 heterocycles. The molecule has 0 aliphatic carbocycles. The first-order chi connectivity index (χ1) is 6.79. The highest BCUT2D eigenvalue weighted by molar-refractivity contribution is 5.65. The molecule has 0 aliphatic heterocycles. The van der Waals surface area contributed by atoms with Crippen LogP contribution in [0.4, 0.5) is 0 Å². The van der Waals surface area contributed by atoms with Crippen LogP contribution in [0.15, 0.2) is 24.5 Å². The van der Waals surface area contributed by atoms with E-state index in [0.717, 1.165) is 5.56 Å². The molecule has 1 aromatic rings. The third kappa shape index (κ3) is 4.27. The molecular formula is C11H11NO2. The Balaban J connectivity index is 2.31. The first kappa shape index (κ1) is 10.3. The normalized spacial score (nSPS) is 8.64. The van der Waals surface area contributed by atoms with E-state index in [1.54, 1.807) is 12.4 Å². The van der Waals surface area contributed by atoms with E-state index < -0.39 is 0 Å². The summed E-state index contributed by atoms with van der Waals surface area (Å²) in [5.74, 6) is 5.53. The quantitative estimate of drug-likeness (QED) is 0.401. The second kappa shape index (κ2) is 5.76. The van der Waals surface area contributed by atoms with Gasteiger partial charge in [0, 0.05) is 31.3 Å². The number of rotatable bonds is 2. The molecule has 0 aliphatic rings. The standard InChI is InChI=1S/C11H11NO2/c1-10(13)14-8-3-2-5-11-6-4-7-12-9-11/h4,6-7,9H,3,8H2,1H3. The van der Waals surface area contributed by atoms with Crippen LogP contribution in [-0.4, -0.2) is 17.6 Å². The number of pyridine rings is 1. The van der Waals surface area contributed by atoms with Crippen LogP contribution in [-0.2, 0) is 9.53 Å². The molecule has 0 spiro atoms. The van der Waals surface area contributed by atoms with E-state index >= 15 is 0 Å². The molecule has 0 unspecified atom stereocenters. The number of hydrogen-bond acceptors (Lipinski definition) is 3. The summed E-state index contributed by atoms with van der Waals surface area (Å²) >= 11 is 0. The fourth-order valence-electron chi connectivity index (χ4n) is 0.847. The summed E-state index contributed by atoms with van der Waals surface area (Å²) in [6.45, 7) is 1.73. The van der Waals surface area contributed by atoms with Gasteiger partial charge in [0.2, 0.25) is 0 Å². The minimum atomic E-state index is -0.270. The molecule has 0 bridgehead atoms. The van der Waals surface area contributed by atoms with Crippen LogP contribution in [0.3, 0.4) is 0 Å². The number of esters is 1. The molecule has 0 radical (unpaired) electrons. The predicted octanol–water partition coefficient (Wildman–Crippen LogP) is 1.39. The monoisotopic (exact) mass is 189 g/mol. The molecule has 0 aromatic carbocycles. The van der Waals surface area contributed by atoms with E-state index in [2.05, 4.69) is 16.8 Å². The molecule has 3 nitrogen and oxygen atoms in total. The maximum absolute atomic E-state index is 10.4. The number of aromatic nitrogens is 1. The van der Waals surface area contributed by atoms with Gasteiger partial charge in [0.1, 0.15) is 6.61 Å². The van der Waals surface area contributed by atoms with Crippen LogP contribution in [0.25, 0.3) is 0 Å². The van der Waals surface area contributed by atoms with Gasteiger partial charge in [-0.2, -0.15) is 0 Å². The lowest BCUT2D eigenvalue weighted by atomic mass is 10.3. The predicted molar refractivity (Wildman–Crippen MR) is 52.4 cm³/mol. The number of carbonyl (C=O) groups is 1. The summed E-state index contributed by atoms with van der Waals surface area (Å²) in [4.78, 5) is 14.3. The van der Waals surface area contributed by atoms with Gasteiger partial charge in [-0.15, -0.1) is 0 Å². The van der Waals surface area contributed by atoms with Gasteiger partial charge in [0.15, 0.2) is 0 Å². The third-order valence-electron chi connectivity index (χ3n) is 1.43. The van der Waals surface area contributed by atoms with Crippen LogP contribution in [0.5, 0.6) is 0 Å². The van der Waals surface area contributed by atoms with Crippen molar-refractivity contribution >= 4 is 5.97 Å². The third-order valence-corrected chi connectivity index (χ3v) is 1.43. The minimum Gasteiger partial charge on any atom is -0.465 e. The summed E-state index contributed by atoms with van der Waals surface area (Å²) in [6, 6.07) is 3.71. The topological polar surface area (TPSA) is 39.2 Å². The number of carbonyl (C=O) groups excluding carboxylic acids is 1. The lowest BCUT2D eigenvalue weighted by Crippen LogP contribution is -1.98. The van der Waals surface area contributed by atoms with Crippen molar-refractivity contribution in [3.8, 4) is 11.8 Å². The van der Waals surface area contributed by atoms with E-state index in [4.69, 9.17) is 4.74 Å². The Labute approximate surface area is 83.1 Å². The van der Waals surface area contributed by atoms with Gasteiger partial charge < -0.3 is 4.74 Å². The molecule has 0 N–H and O–H groups in total. The van der Waals surface area contributed by atoms with Crippen molar-refractivity contribution in [2.75, 3.05) is 6.61 Å². The Bertz CT molecular complexity index is 349. The summed E-state index contributed by atoms with van der Waals surface area (Å²) < 4.78 is 4.72. The lowest BCUT2D eigenvalue weighted by molar-refractivity contribution is -0.140. The van der Waals surface area contributed by atoms with Gasteiger partial charge >= 0.3 is 5.97 Å². The highest BCUT2D eigenvalue weighted by Gasteiger charge is 1.88. The largest absolute Gasteiger partial charge is 0.465 e. The average molecular weight is 189 g/mol. The molecular weight excluding hydrogens is 178 g/mol. The summed E-state index contributed by atoms with van der Waals surface area (Å²) in [5, 5.41) is 0. The maximum atomic E-state index is 10.4. The zero-order valence-corrected chi connectivity index (χ0v) is 7.99. The van der Waals surface area contributed by atoms with E-state index in [-0.39, 0.29) is 5.97 Å². The zero-order valence-electron chi connectivity index (χ0n) is 7.99. The fourth-order valence-corrected chi connectivity index (χ4v) is 0.847. The van der Waals surface area contributed by atoms with Crippen molar-refractivity contribution < 1.29 is 9.53 Å². The van der Waals surface area contributed by atoms with Crippen molar-refractivity contribution in [1.29, 1.82) is 0 Å². The summed E-state index contributed by atoms with van der Waals surface area (Å²) in [7, 11) is 0. The van der Waals surface area contributed by atoms with Crippen LogP contribution >= 0.6 is 0 Å². The molecule has 1 aromatic heterocycles. The molecule has 0 fully saturated rings. The van der Waals surface area contributed by atoms with Gasteiger partial charge in [-0.3, -0.25) is 9.78 Å². The number of nitrogens with zero attached hydrogens (tertiary/aromatic N) is 1. The second-order valence-electron chi connectivity index (χ2n) is 2.63. The molecule has 0 saturated carbocycles. The van der Waals surface area contributed by atoms with Gasteiger partial charge in [-0.25, -0.2) is 0 Å². The Kier molecular flexibility index (Phi) is 4.22. The number of ether oxygens (including phenoxy) is 1. The van der Waals surface area contributed by atoms with Gasteiger partial charge in [0.05, 0.1) is 0 Å². The van der Waals surface area contributed by atoms with E-state index in [0.29, 0.717) is 13.0 Å². The zero-order chi connectivity index (χ0) is 10.2. The molecule has 3 heteroatoms. The highest BCUT2D eigenvalue weighted by atomic mass is 16.5. The van der Waals surface area contributed by atoms with Crippen molar-refractivity contribution in [2.24, 2.45) is 0 Å².